The average molecular weight is 356 g/mol. The fourth-order valence-corrected chi connectivity index (χ4v) is 2.56. The molecule has 6 heteroatoms. The molecule has 0 spiro atoms. The van der Waals surface area contributed by atoms with Crippen molar-refractivity contribution in [2.75, 3.05) is 6.54 Å². The first-order valence-electron chi connectivity index (χ1n) is 7.42. The molecule has 2 N–H and O–H groups in total. The predicted molar refractivity (Wildman–Crippen MR) is 85.2 cm³/mol. The van der Waals surface area contributed by atoms with Crippen LogP contribution in [0, 0.1) is 0 Å². The van der Waals surface area contributed by atoms with E-state index < -0.39 is 0 Å². The molecule has 0 bridgehead atoms. The van der Waals surface area contributed by atoms with Gasteiger partial charge in [-0.15, -0.1) is 0 Å². The smallest absolute Gasteiger partial charge is 0.267 e. The first-order chi connectivity index (χ1) is 9.97. The third kappa shape index (κ3) is 4.88. The number of halogens is 1. The molecule has 1 aliphatic rings. The van der Waals surface area contributed by atoms with Crippen molar-refractivity contribution in [3.8, 4) is 0 Å². The van der Waals surface area contributed by atoms with Gasteiger partial charge in [0.15, 0.2) is 0 Å². The fourth-order valence-electron chi connectivity index (χ4n) is 2.12. The lowest BCUT2D eigenvalue weighted by atomic mass is 10.2. The number of rotatable bonds is 7. The van der Waals surface area contributed by atoms with Gasteiger partial charge in [0.05, 0.1) is 0 Å². The van der Waals surface area contributed by atoms with Gasteiger partial charge in [0.25, 0.3) is 5.91 Å². The average Bonchev–Trinajstić information content (AvgIpc) is 3.13. The summed E-state index contributed by atoms with van der Waals surface area (Å²) in [6.45, 7) is 4.58. The molecule has 2 rings (SSSR count). The zero-order chi connectivity index (χ0) is 15.4. The van der Waals surface area contributed by atoms with E-state index >= 15 is 0 Å². The summed E-state index contributed by atoms with van der Waals surface area (Å²) in [6.07, 6.45) is 5.23. The van der Waals surface area contributed by atoms with Crippen LogP contribution >= 0.6 is 15.9 Å². The van der Waals surface area contributed by atoms with Crippen molar-refractivity contribution in [1.29, 1.82) is 0 Å². The Bertz CT molecular complexity index is 521. The largest absolute Gasteiger partial charge is 0.353 e. The molecular weight excluding hydrogens is 334 g/mol. The van der Waals surface area contributed by atoms with Gasteiger partial charge in [-0.2, -0.15) is 0 Å². The van der Waals surface area contributed by atoms with Crippen LogP contribution in [0.4, 0.5) is 0 Å². The molecule has 0 unspecified atom stereocenters. The minimum absolute atomic E-state index is 0.0834. The SMILES string of the molecule is CC(C)n1cc(Br)cc1C(=O)NCCCC(=O)NC1CC1. The lowest BCUT2D eigenvalue weighted by Crippen LogP contribution is -2.29. The standard InChI is InChI=1S/C15H22BrN3O2/c1-10(2)19-9-11(16)8-13(19)15(21)17-7-3-4-14(20)18-12-5-6-12/h8-10,12H,3-7H2,1-2H3,(H,17,21)(H,18,20). The number of nitrogens with zero attached hydrogens (tertiary/aromatic N) is 1. The fraction of sp³-hybridized carbons (Fsp3) is 0.600. The predicted octanol–water partition coefficient (Wildman–Crippen LogP) is 2.62. The lowest BCUT2D eigenvalue weighted by Gasteiger charge is -2.12. The Labute approximate surface area is 133 Å². The molecule has 5 nitrogen and oxygen atoms in total. The zero-order valence-electron chi connectivity index (χ0n) is 12.5. The van der Waals surface area contributed by atoms with Crippen LogP contribution in [0.15, 0.2) is 16.7 Å². The van der Waals surface area contributed by atoms with Crippen molar-refractivity contribution >= 4 is 27.7 Å². The summed E-state index contributed by atoms with van der Waals surface area (Å²) in [7, 11) is 0. The number of carbonyl (C=O) groups is 2. The number of amides is 2. The maximum absolute atomic E-state index is 12.2. The third-order valence-electron chi connectivity index (χ3n) is 3.41. The second kappa shape index (κ2) is 7.11. The van der Waals surface area contributed by atoms with Crippen LogP contribution in [0.1, 0.15) is 56.1 Å². The van der Waals surface area contributed by atoms with E-state index in [4.69, 9.17) is 0 Å². The first kappa shape index (κ1) is 16.1. The van der Waals surface area contributed by atoms with Gasteiger partial charge in [-0.3, -0.25) is 9.59 Å². The van der Waals surface area contributed by atoms with E-state index in [0.717, 1.165) is 17.3 Å². The topological polar surface area (TPSA) is 63.1 Å². The Morgan fingerprint density at radius 3 is 2.76 bits per heavy atom. The van der Waals surface area contributed by atoms with Gasteiger partial charge in [-0.1, -0.05) is 0 Å². The summed E-state index contributed by atoms with van der Waals surface area (Å²) in [4.78, 5) is 23.7. The molecule has 1 aliphatic carbocycles. The summed E-state index contributed by atoms with van der Waals surface area (Å²) in [5, 5.41) is 5.81. The van der Waals surface area contributed by atoms with Gasteiger partial charge < -0.3 is 15.2 Å². The van der Waals surface area contributed by atoms with Gasteiger partial charge in [0.2, 0.25) is 5.91 Å². The molecule has 1 fully saturated rings. The van der Waals surface area contributed by atoms with E-state index in [1.54, 1.807) is 0 Å². The van der Waals surface area contributed by atoms with Crippen molar-refractivity contribution in [1.82, 2.24) is 15.2 Å². The molecule has 21 heavy (non-hydrogen) atoms. The number of nitrogens with one attached hydrogen (secondary N) is 2. The maximum Gasteiger partial charge on any atom is 0.267 e. The van der Waals surface area contributed by atoms with E-state index in [2.05, 4.69) is 26.6 Å². The Balaban J connectivity index is 1.75. The summed E-state index contributed by atoms with van der Waals surface area (Å²) in [5.74, 6) is -0.0166. The van der Waals surface area contributed by atoms with Crippen molar-refractivity contribution in [2.24, 2.45) is 0 Å². The second-order valence-corrected chi connectivity index (χ2v) is 6.66. The molecule has 1 saturated carbocycles. The second-order valence-electron chi connectivity index (χ2n) is 5.75. The third-order valence-corrected chi connectivity index (χ3v) is 3.85. The summed E-state index contributed by atoms with van der Waals surface area (Å²) in [5.41, 5.74) is 0.638. The Hall–Kier alpha value is -1.30. The van der Waals surface area contributed by atoms with E-state index in [-0.39, 0.29) is 17.9 Å². The number of carbonyl (C=O) groups excluding carboxylic acids is 2. The molecule has 1 aromatic rings. The maximum atomic E-state index is 12.2. The molecule has 0 aliphatic heterocycles. The van der Waals surface area contributed by atoms with Crippen LogP contribution in [0.2, 0.25) is 0 Å². The molecule has 0 atom stereocenters. The Morgan fingerprint density at radius 1 is 1.43 bits per heavy atom. The summed E-state index contributed by atoms with van der Waals surface area (Å²) in [6, 6.07) is 2.44. The minimum Gasteiger partial charge on any atom is -0.353 e. The van der Waals surface area contributed by atoms with E-state index in [1.807, 2.05) is 30.7 Å². The highest BCUT2D eigenvalue weighted by Crippen LogP contribution is 2.19. The minimum atomic E-state index is -0.1000. The molecule has 0 saturated heterocycles. The molecule has 0 aromatic carbocycles. The highest BCUT2D eigenvalue weighted by molar-refractivity contribution is 9.10. The summed E-state index contributed by atoms with van der Waals surface area (Å²) < 4.78 is 2.82. The molecule has 1 aromatic heterocycles. The van der Waals surface area contributed by atoms with Gasteiger partial charge in [0.1, 0.15) is 5.69 Å². The van der Waals surface area contributed by atoms with Crippen LogP contribution < -0.4 is 10.6 Å². The van der Waals surface area contributed by atoms with Gasteiger partial charge >= 0.3 is 0 Å². The van der Waals surface area contributed by atoms with Gasteiger partial charge in [-0.25, -0.2) is 0 Å². The monoisotopic (exact) mass is 355 g/mol. The normalized spacial score (nSPS) is 14.3. The van der Waals surface area contributed by atoms with Crippen molar-refractivity contribution in [3.63, 3.8) is 0 Å². The molecule has 116 valence electrons. The lowest BCUT2D eigenvalue weighted by molar-refractivity contribution is -0.121. The van der Waals surface area contributed by atoms with Crippen LogP contribution in [-0.2, 0) is 4.79 Å². The van der Waals surface area contributed by atoms with Crippen molar-refractivity contribution in [3.05, 3.63) is 22.4 Å². The molecule has 2 amide bonds. The van der Waals surface area contributed by atoms with Crippen molar-refractivity contribution < 1.29 is 9.59 Å². The van der Waals surface area contributed by atoms with E-state index in [9.17, 15) is 9.59 Å². The quantitative estimate of drug-likeness (QED) is 0.738. The zero-order valence-corrected chi connectivity index (χ0v) is 14.1. The van der Waals surface area contributed by atoms with Gasteiger partial charge in [-0.05, 0) is 55.1 Å². The Kier molecular flexibility index (Phi) is 5.45. The van der Waals surface area contributed by atoms with Crippen LogP contribution in [-0.4, -0.2) is 29.0 Å². The highest BCUT2D eigenvalue weighted by atomic mass is 79.9. The highest BCUT2D eigenvalue weighted by Gasteiger charge is 2.22. The first-order valence-corrected chi connectivity index (χ1v) is 8.21. The van der Waals surface area contributed by atoms with E-state index in [0.29, 0.717) is 31.1 Å². The number of hydrogen-bond acceptors (Lipinski definition) is 2. The van der Waals surface area contributed by atoms with Crippen LogP contribution in [0.5, 0.6) is 0 Å². The molecular formula is C15H22BrN3O2. The summed E-state index contributed by atoms with van der Waals surface area (Å²) >= 11 is 3.40. The van der Waals surface area contributed by atoms with Crippen molar-refractivity contribution in [2.45, 2.75) is 51.6 Å². The van der Waals surface area contributed by atoms with Crippen LogP contribution in [0.25, 0.3) is 0 Å². The van der Waals surface area contributed by atoms with Gasteiger partial charge in [0, 0.05) is 35.7 Å². The molecule has 1 heterocycles. The Morgan fingerprint density at radius 2 is 2.14 bits per heavy atom. The van der Waals surface area contributed by atoms with Crippen LogP contribution in [0.3, 0.4) is 0 Å². The molecule has 0 radical (unpaired) electrons. The number of aromatic nitrogens is 1. The van der Waals surface area contributed by atoms with E-state index in [1.165, 1.54) is 0 Å². The number of hydrogen-bond donors (Lipinski definition) is 2.